The molecule has 0 rings (SSSR count). The van der Waals surface area contributed by atoms with Crippen molar-refractivity contribution in [2.45, 2.75) is 285 Å². The third-order valence-electron chi connectivity index (χ3n) is 14.2. The highest BCUT2D eigenvalue weighted by Crippen LogP contribution is 2.22. The molecule has 0 saturated heterocycles. The Labute approximate surface area is 422 Å². The second-order valence-corrected chi connectivity index (χ2v) is 21.0. The zero-order valence-electron chi connectivity index (χ0n) is 46.2. The van der Waals surface area contributed by atoms with E-state index in [2.05, 4.69) is 49.9 Å². The Balaban J connectivity index is 4.89. The lowest BCUT2D eigenvalue weighted by molar-refractivity contribution is -0.146. The molecule has 0 aliphatic rings. The second kappa shape index (κ2) is 53.1. The van der Waals surface area contributed by atoms with Gasteiger partial charge in [0.15, 0.2) is 0 Å². The van der Waals surface area contributed by atoms with Gasteiger partial charge in [-0.15, -0.1) is 0 Å². The predicted octanol–water partition coefficient (Wildman–Crippen LogP) is 15.3. The summed E-state index contributed by atoms with van der Waals surface area (Å²) < 4.78 is 11.8. The van der Waals surface area contributed by atoms with E-state index in [4.69, 9.17) is 14.6 Å². The summed E-state index contributed by atoms with van der Waals surface area (Å²) in [5.74, 6) is 1.13. The molecule has 9 nitrogen and oxygen atoms in total. The fraction of sp³-hybridized carbons (Fsp3) is 0.949. The maximum Gasteiger partial charge on any atom is 0.305 e. The molecule has 0 fully saturated rings. The number of amides is 1. The van der Waals surface area contributed by atoms with Crippen molar-refractivity contribution >= 4 is 17.8 Å². The molecule has 0 aliphatic heterocycles. The van der Waals surface area contributed by atoms with Gasteiger partial charge in [-0.3, -0.25) is 14.4 Å². The van der Waals surface area contributed by atoms with Gasteiger partial charge in [-0.2, -0.15) is 0 Å². The molecule has 0 saturated carbocycles. The SMILES string of the molecule is CCCCCCCCC(CCCCCC)COC(=O)CCCCCN(CCCCCC(=O)OCC(CCCCCC)CCCCCCCC)CCN(C)CCCCNC(=O)CCCCCCCO. The number of ether oxygens (including phenoxy) is 2. The Morgan fingerprint density at radius 2 is 0.779 bits per heavy atom. The van der Waals surface area contributed by atoms with Crippen molar-refractivity contribution in [1.82, 2.24) is 15.1 Å². The fourth-order valence-electron chi connectivity index (χ4n) is 9.41. The van der Waals surface area contributed by atoms with Crippen LogP contribution in [0.15, 0.2) is 0 Å². The molecule has 0 aromatic rings. The Bertz CT molecular complexity index is 1020. The van der Waals surface area contributed by atoms with E-state index in [-0.39, 0.29) is 24.5 Å². The number of rotatable bonds is 55. The lowest BCUT2D eigenvalue weighted by Gasteiger charge is -2.25. The van der Waals surface area contributed by atoms with Crippen LogP contribution in [-0.4, -0.2) is 98.9 Å². The normalized spacial score (nSPS) is 12.5. The number of nitrogens with one attached hydrogen (secondary N) is 1. The summed E-state index contributed by atoms with van der Waals surface area (Å²) in [4.78, 5) is 43.0. The predicted molar refractivity (Wildman–Crippen MR) is 290 cm³/mol. The number of aliphatic hydroxyl groups is 1. The summed E-state index contributed by atoms with van der Waals surface area (Å²) in [5.41, 5.74) is 0. The maximum absolute atomic E-state index is 12.9. The van der Waals surface area contributed by atoms with E-state index >= 15 is 0 Å². The summed E-state index contributed by atoms with van der Waals surface area (Å²) >= 11 is 0. The third kappa shape index (κ3) is 47.9. The van der Waals surface area contributed by atoms with E-state index in [0.717, 1.165) is 123 Å². The van der Waals surface area contributed by atoms with E-state index < -0.39 is 0 Å². The van der Waals surface area contributed by atoms with Crippen molar-refractivity contribution in [3.05, 3.63) is 0 Å². The van der Waals surface area contributed by atoms with Gasteiger partial charge in [-0.25, -0.2) is 0 Å². The van der Waals surface area contributed by atoms with Crippen molar-refractivity contribution in [2.24, 2.45) is 11.8 Å². The van der Waals surface area contributed by atoms with Crippen molar-refractivity contribution in [1.29, 1.82) is 0 Å². The number of unbranched alkanes of at least 4 members (excludes halogenated alkanes) is 25. The summed E-state index contributed by atoms with van der Waals surface area (Å²) in [6, 6.07) is 0. The molecule has 68 heavy (non-hydrogen) atoms. The number of likely N-dealkylation sites (N-methyl/N-ethyl adjacent to an activating group) is 1. The molecule has 1 amide bonds. The number of aliphatic hydroxyl groups excluding tert-OH is 1. The zero-order valence-corrected chi connectivity index (χ0v) is 46.2. The Morgan fingerprint density at radius 3 is 1.24 bits per heavy atom. The van der Waals surface area contributed by atoms with Crippen LogP contribution in [0.2, 0.25) is 0 Å². The quantitative estimate of drug-likeness (QED) is 0.0458. The highest BCUT2D eigenvalue weighted by Gasteiger charge is 2.15. The standard InChI is InChI=1S/C59H117N3O6/c1-6-10-14-18-21-29-41-55(39-27-16-12-8-3)53-67-58(65)44-32-25-35-48-62(51-50-61(5)47-37-34-46-60-57(64)43-31-23-20-24-38-52-63)49-36-26-33-45-59(66)68-54-56(40-28-17-13-9-4)42-30-22-19-15-11-7-2/h55-56,63H,6-54H2,1-5H3,(H,60,64). The van der Waals surface area contributed by atoms with E-state index in [1.54, 1.807) is 0 Å². The summed E-state index contributed by atoms with van der Waals surface area (Å²) in [6.07, 6.45) is 45.2. The summed E-state index contributed by atoms with van der Waals surface area (Å²) in [6.45, 7) is 16.3. The molecule has 0 heterocycles. The molecule has 0 radical (unpaired) electrons. The first-order chi connectivity index (χ1) is 33.3. The number of nitrogens with zero attached hydrogens (tertiary/aromatic N) is 2. The number of hydrogen-bond donors (Lipinski definition) is 2. The Kier molecular flexibility index (Phi) is 51.8. The smallest absolute Gasteiger partial charge is 0.305 e. The summed E-state index contributed by atoms with van der Waals surface area (Å²) in [7, 11) is 2.21. The highest BCUT2D eigenvalue weighted by atomic mass is 16.5. The zero-order chi connectivity index (χ0) is 49.8. The van der Waals surface area contributed by atoms with Gasteiger partial charge in [0.2, 0.25) is 5.91 Å². The van der Waals surface area contributed by atoms with Gasteiger partial charge in [-0.1, -0.05) is 188 Å². The van der Waals surface area contributed by atoms with E-state index in [0.29, 0.717) is 44.3 Å². The minimum atomic E-state index is -0.0197. The lowest BCUT2D eigenvalue weighted by atomic mass is 9.95. The van der Waals surface area contributed by atoms with Crippen LogP contribution in [0.3, 0.4) is 0 Å². The van der Waals surface area contributed by atoms with Crippen LogP contribution in [0, 0.1) is 11.8 Å². The van der Waals surface area contributed by atoms with Crippen LogP contribution < -0.4 is 5.32 Å². The van der Waals surface area contributed by atoms with Crippen molar-refractivity contribution in [3.63, 3.8) is 0 Å². The van der Waals surface area contributed by atoms with Crippen LogP contribution >= 0.6 is 0 Å². The first-order valence-corrected chi connectivity index (χ1v) is 29.9. The largest absolute Gasteiger partial charge is 0.465 e. The van der Waals surface area contributed by atoms with Crippen LogP contribution in [0.4, 0.5) is 0 Å². The second-order valence-electron chi connectivity index (χ2n) is 21.0. The molecule has 0 aliphatic carbocycles. The lowest BCUT2D eigenvalue weighted by Crippen LogP contribution is -2.35. The van der Waals surface area contributed by atoms with Gasteiger partial charge in [0.05, 0.1) is 13.2 Å². The first-order valence-electron chi connectivity index (χ1n) is 29.9. The third-order valence-corrected chi connectivity index (χ3v) is 14.2. The van der Waals surface area contributed by atoms with Crippen LogP contribution in [-0.2, 0) is 23.9 Å². The molecule has 0 spiro atoms. The van der Waals surface area contributed by atoms with E-state index in [1.165, 1.54) is 154 Å². The van der Waals surface area contributed by atoms with E-state index in [1.807, 2.05) is 0 Å². The molecule has 2 N–H and O–H groups in total. The average Bonchev–Trinajstić information content (AvgIpc) is 3.33. The molecule has 9 heteroatoms. The fourth-order valence-corrected chi connectivity index (χ4v) is 9.41. The van der Waals surface area contributed by atoms with Crippen molar-refractivity contribution in [3.8, 4) is 0 Å². The number of hydrogen-bond acceptors (Lipinski definition) is 8. The first kappa shape index (κ1) is 66.3. The summed E-state index contributed by atoms with van der Waals surface area (Å²) in [5, 5.41) is 12.0. The number of carbonyl (C=O) groups excluding carboxylic acids is 3. The molecule has 0 aromatic heterocycles. The van der Waals surface area contributed by atoms with Crippen LogP contribution in [0.1, 0.15) is 285 Å². The van der Waals surface area contributed by atoms with Gasteiger partial charge in [-0.05, 0) is 116 Å². The molecule has 0 aromatic carbocycles. The molecule has 2 unspecified atom stereocenters. The van der Waals surface area contributed by atoms with Crippen LogP contribution in [0.5, 0.6) is 0 Å². The molecular formula is C59H117N3O6. The number of esters is 2. The average molecular weight is 965 g/mol. The molecule has 0 bridgehead atoms. The minimum Gasteiger partial charge on any atom is -0.465 e. The van der Waals surface area contributed by atoms with Crippen molar-refractivity contribution < 1.29 is 29.0 Å². The van der Waals surface area contributed by atoms with Gasteiger partial charge < -0.3 is 29.7 Å². The maximum atomic E-state index is 12.9. The Morgan fingerprint density at radius 1 is 0.412 bits per heavy atom. The number of carbonyl (C=O) groups is 3. The molecular weight excluding hydrogens is 847 g/mol. The minimum absolute atomic E-state index is 0.0197. The molecule has 2 atom stereocenters. The van der Waals surface area contributed by atoms with Gasteiger partial charge in [0.1, 0.15) is 0 Å². The highest BCUT2D eigenvalue weighted by molar-refractivity contribution is 5.75. The van der Waals surface area contributed by atoms with Crippen molar-refractivity contribution in [2.75, 3.05) is 66.1 Å². The van der Waals surface area contributed by atoms with E-state index in [9.17, 15) is 14.4 Å². The molecule has 404 valence electrons. The van der Waals surface area contributed by atoms with Crippen LogP contribution in [0.25, 0.3) is 0 Å². The Hall–Kier alpha value is -1.71. The topological polar surface area (TPSA) is 108 Å². The van der Waals surface area contributed by atoms with Gasteiger partial charge in [0, 0.05) is 45.5 Å². The monoisotopic (exact) mass is 964 g/mol. The van der Waals surface area contributed by atoms with Gasteiger partial charge in [0.25, 0.3) is 0 Å². The van der Waals surface area contributed by atoms with Gasteiger partial charge >= 0.3 is 11.9 Å².